The first-order valence-corrected chi connectivity index (χ1v) is 41.8. The van der Waals surface area contributed by atoms with Gasteiger partial charge in [0.15, 0.2) is 12.2 Å². The van der Waals surface area contributed by atoms with Gasteiger partial charge in [-0.3, -0.25) is 37.3 Å². The van der Waals surface area contributed by atoms with Crippen molar-refractivity contribution < 1.29 is 80.2 Å². The van der Waals surface area contributed by atoms with Crippen LogP contribution >= 0.6 is 15.6 Å². The first-order chi connectivity index (χ1) is 45.2. The fourth-order valence-corrected chi connectivity index (χ4v) is 13.0. The molecule has 552 valence electrons. The van der Waals surface area contributed by atoms with Crippen molar-refractivity contribution in [3.63, 3.8) is 0 Å². The fourth-order valence-electron chi connectivity index (χ4n) is 11.4. The van der Waals surface area contributed by atoms with Gasteiger partial charge in [-0.25, -0.2) is 9.13 Å². The number of phosphoric acid groups is 2. The maximum absolute atomic E-state index is 13.1. The summed E-state index contributed by atoms with van der Waals surface area (Å²) in [4.78, 5) is 72.6. The van der Waals surface area contributed by atoms with Crippen LogP contribution in [0.5, 0.6) is 0 Å². The Morgan fingerprint density at radius 2 is 0.430 bits per heavy atom. The topological polar surface area (TPSA) is 237 Å². The molecule has 5 atom stereocenters. The highest BCUT2D eigenvalue weighted by Crippen LogP contribution is 2.45. The SMILES string of the molecule is CCCCCCCCCCCCCCCCCCCCCC(=O)O[C@H](COC(=O)CCCCCCCCCCCCCCCC)COP(=O)(O)OC[C@@H](O)COP(=O)(O)OC[C@@H](COC(=O)CCCCCCCCC)OC(=O)CCCCCCCCCCCCCCC. The minimum absolute atomic E-state index is 0.108. The van der Waals surface area contributed by atoms with E-state index in [-0.39, 0.29) is 25.7 Å². The maximum atomic E-state index is 13.1. The molecule has 0 aliphatic rings. The lowest BCUT2D eigenvalue weighted by Gasteiger charge is -2.21. The lowest BCUT2D eigenvalue weighted by Crippen LogP contribution is -2.30. The van der Waals surface area contributed by atoms with E-state index < -0.39 is 97.5 Å². The second-order valence-corrected chi connectivity index (χ2v) is 29.6. The summed E-state index contributed by atoms with van der Waals surface area (Å²) in [6, 6.07) is 0. The number of aliphatic hydroxyl groups excluding tert-OH is 1. The van der Waals surface area contributed by atoms with Gasteiger partial charge in [-0.2, -0.15) is 0 Å². The van der Waals surface area contributed by atoms with Crippen LogP contribution < -0.4 is 0 Å². The number of carbonyl (C=O) groups excluding carboxylic acids is 4. The molecule has 0 radical (unpaired) electrons. The van der Waals surface area contributed by atoms with Crippen molar-refractivity contribution in [3.05, 3.63) is 0 Å². The molecule has 93 heavy (non-hydrogen) atoms. The molecule has 0 aliphatic heterocycles. The van der Waals surface area contributed by atoms with Crippen molar-refractivity contribution in [2.45, 2.75) is 412 Å². The van der Waals surface area contributed by atoms with E-state index in [0.29, 0.717) is 25.7 Å². The zero-order valence-corrected chi connectivity index (χ0v) is 62.0. The smallest absolute Gasteiger partial charge is 0.462 e. The van der Waals surface area contributed by atoms with Gasteiger partial charge in [0.2, 0.25) is 0 Å². The minimum atomic E-state index is -4.95. The number of unbranched alkanes of at least 4 members (excludes halogenated alkanes) is 49. The molecule has 0 aromatic rings. The molecular weight excluding hydrogens is 1220 g/mol. The molecule has 19 heteroatoms. The van der Waals surface area contributed by atoms with E-state index in [1.807, 2.05) is 0 Å². The number of hydrogen-bond acceptors (Lipinski definition) is 15. The van der Waals surface area contributed by atoms with Crippen LogP contribution in [-0.2, 0) is 65.4 Å². The van der Waals surface area contributed by atoms with E-state index in [1.165, 1.54) is 212 Å². The van der Waals surface area contributed by atoms with Crippen LogP contribution in [0, 0.1) is 0 Å². The van der Waals surface area contributed by atoms with E-state index in [4.69, 9.17) is 37.0 Å². The number of rotatable bonds is 75. The Bertz CT molecular complexity index is 1770. The molecular formula is C74H144O17P2. The molecule has 0 heterocycles. The van der Waals surface area contributed by atoms with E-state index in [1.54, 1.807) is 0 Å². The summed E-state index contributed by atoms with van der Waals surface area (Å²) in [6.07, 6.45) is 58.3. The van der Waals surface area contributed by atoms with E-state index in [0.717, 1.165) is 103 Å². The van der Waals surface area contributed by atoms with Gasteiger partial charge in [-0.15, -0.1) is 0 Å². The molecule has 0 fully saturated rings. The largest absolute Gasteiger partial charge is 0.472 e. The Morgan fingerprint density at radius 1 is 0.258 bits per heavy atom. The van der Waals surface area contributed by atoms with E-state index in [9.17, 15) is 43.2 Å². The Kier molecular flexibility index (Phi) is 67.1. The van der Waals surface area contributed by atoms with Crippen molar-refractivity contribution in [2.75, 3.05) is 39.6 Å². The van der Waals surface area contributed by atoms with Crippen LogP contribution in [0.25, 0.3) is 0 Å². The second kappa shape index (κ2) is 68.6. The van der Waals surface area contributed by atoms with Gasteiger partial charge in [0.05, 0.1) is 26.4 Å². The summed E-state index contributed by atoms with van der Waals surface area (Å²) in [6.45, 7) is 4.94. The average Bonchev–Trinajstić information content (AvgIpc) is 2.79. The summed E-state index contributed by atoms with van der Waals surface area (Å²) in [5.41, 5.74) is 0. The maximum Gasteiger partial charge on any atom is 0.472 e. The number of aliphatic hydroxyl groups is 1. The fraction of sp³-hybridized carbons (Fsp3) is 0.946. The van der Waals surface area contributed by atoms with Gasteiger partial charge in [0.1, 0.15) is 19.3 Å². The van der Waals surface area contributed by atoms with Crippen LogP contribution in [0.2, 0.25) is 0 Å². The first kappa shape index (κ1) is 91.1. The molecule has 0 aliphatic carbocycles. The van der Waals surface area contributed by atoms with E-state index >= 15 is 0 Å². The lowest BCUT2D eigenvalue weighted by molar-refractivity contribution is -0.161. The molecule has 3 N–H and O–H groups in total. The molecule has 0 amide bonds. The third kappa shape index (κ3) is 68.4. The van der Waals surface area contributed by atoms with Crippen LogP contribution in [-0.4, -0.2) is 96.7 Å². The van der Waals surface area contributed by atoms with Crippen molar-refractivity contribution in [2.24, 2.45) is 0 Å². The standard InChI is InChI=1S/C74H144O17P2/c1-5-9-13-17-21-24-27-30-32-33-34-35-36-39-42-45-49-53-57-61-74(79)91-70(65-85-72(77)59-55-51-47-43-40-38-31-28-25-22-18-14-10-6-2)67-89-93(82,83)87-63-68(75)62-86-92(80,81)88-66-69(64-84-71(76)58-54-50-46-20-16-12-8-4)90-73(78)60-56-52-48-44-41-37-29-26-23-19-15-11-7-3/h68-70,75H,5-67H2,1-4H3,(H,80,81)(H,82,83)/t68-,69+,70+/m0/s1. The predicted octanol–water partition coefficient (Wildman–Crippen LogP) is 21.8. The summed E-state index contributed by atoms with van der Waals surface area (Å²) < 4.78 is 68.4. The summed E-state index contributed by atoms with van der Waals surface area (Å²) in [5, 5.41) is 10.6. The quantitative estimate of drug-likeness (QED) is 0.0222. The normalized spacial score (nSPS) is 13.9. The zero-order valence-electron chi connectivity index (χ0n) is 60.2. The summed E-state index contributed by atoms with van der Waals surface area (Å²) in [7, 11) is -9.90. The highest BCUT2D eigenvalue weighted by Gasteiger charge is 2.30. The predicted molar refractivity (Wildman–Crippen MR) is 377 cm³/mol. The Balaban J connectivity index is 5.18. The van der Waals surface area contributed by atoms with Crippen LogP contribution in [0.4, 0.5) is 0 Å². The Morgan fingerprint density at radius 3 is 0.634 bits per heavy atom. The van der Waals surface area contributed by atoms with Crippen molar-refractivity contribution in [3.8, 4) is 0 Å². The summed E-state index contributed by atoms with van der Waals surface area (Å²) in [5.74, 6) is -2.12. The number of ether oxygens (including phenoxy) is 4. The highest BCUT2D eigenvalue weighted by molar-refractivity contribution is 7.47. The lowest BCUT2D eigenvalue weighted by atomic mass is 10.0. The van der Waals surface area contributed by atoms with Gasteiger partial charge < -0.3 is 33.8 Å². The molecule has 0 bridgehead atoms. The molecule has 0 saturated heterocycles. The molecule has 0 spiro atoms. The molecule has 17 nitrogen and oxygen atoms in total. The Hall–Kier alpha value is -1.94. The third-order valence-corrected chi connectivity index (χ3v) is 19.3. The first-order valence-electron chi connectivity index (χ1n) is 38.8. The van der Waals surface area contributed by atoms with Crippen molar-refractivity contribution >= 4 is 39.5 Å². The van der Waals surface area contributed by atoms with Gasteiger partial charge in [0.25, 0.3) is 0 Å². The molecule has 2 unspecified atom stereocenters. The Labute approximate surface area is 568 Å². The number of hydrogen-bond donors (Lipinski definition) is 3. The third-order valence-electron chi connectivity index (χ3n) is 17.4. The molecule has 0 rings (SSSR count). The van der Waals surface area contributed by atoms with Gasteiger partial charge in [-0.05, 0) is 25.7 Å². The van der Waals surface area contributed by atoms with Gasteiger partial charge in [0, 0.05) is 25.7 Å². The number of esters is 4. The van der Waals surface area contributed by atoms with Crippen molar-refractivity contribution in [1.82, 2.24) is 0 Å². The summed E-state index contributed by atoms with van der Waals surface area (Å²) >= 11 is 0. The average molecular weight is 1370 g/mol. The van der Waals surface area contributed by atoms with Crippen LogP contribution in [0.3, 0.4) is 0 Å². The molecule has 0 saturated carbocycles. The number of carbonyl (C=O) groups is 4. The molecule has 0 aromatic carbocycles. The van der Waals surface area contributed by atoms with Crippen LogP contribution in [0.1, 0.15) is 394 Å². The monoisotopic (exact) mass is 1370 g/mol. The van der Waals surface area contributed by atoms with Gasteiger partial charge >= 0.3 is 39.5 Å². The zero-order chi connectivity index (χ0) is 68.2. The van der Waals surface area contributed by atoms with Crippen molar-refractivity contribution in [1.29, 1.82) is 0 Å². The van der Waals surface area contributed by atoms with Gasteiger partial charge in [-0.1, -0.05) is 342 Å². The molecule has 0 aromatic heterocycles. The van der Waals surface area contributed by atoms with Crippen LogP contribution in [0.15, 0.2) is 0 Å². The number of phosphoric ester groups is 2. The minimum Gasteiger partial charge on any atom is -0.462 e. The second-order valence-electron chi connectivity index (χ2n) is 26.7. The van der Waals surface area contributed by atoms with E-state index in [2.05, 4.69) is 27.7 Å². The highest BCUT2D eigenvalue weighted by atomic mass is 31.2.